The minimum atomic E-state index is 0.550. The molecule has 3 nitrogen and oxygen atoms in total. The van der Waals surface area contributed by atoms with Gasteiger partial charge in [0.1, 0.15) is 0 Å². The highest BCUT2D eigenvalue weighted by Crippen LogP contribution is 2.27. The van der Waals surface area contributed by atoms with Crippen LogP contribution in [0.15, 0.2) is 0 Å². The Balaban J connectivity index is 2.37. The summed E-state index contributed by atoms with van der Waals surface area (Å²) in [5.41, 5.74) is 3.90. The van der Waals surface area contributed by atoms with E-state index in [9.17, 15) is 0 Å². The molecular formula is C10H17N3. The molecular weight excluding hydrogens is 162 g/mol. The molecule has 1 aliphatic rings. The maximum absolute atomic E-state index is 4.43. The van der Waals surface area contributed by atoms with E-state index < -0.39 is 0 Å². The molecule has 0 spiro atoms. The molecule has 3 heteroatoms. The molecule has 2 heterocycles. The molecule has 1 N–H and O–H groups in total. The van der Waals surface area contributed by atoms with Crippen LogP contribution in [0.1, 0.15) is 35.8 Å². The van der Waals surface area contributed by atoms with Gasteiger partial charge in [-0.3, -0.25) is 4.68 Å². The Hall–Kier alpha value is -0.830. The van der Waals surface area contributed by atoms with E-state index in [4.69, 9.17) is 0 Å². The van der Waals surface area contributed by atoms with E-state index in [1.54, 1.807) is 0 Å². The number of rotatable bonds is 1. The van der Waals surface area contributed by atoms with Gasteiger partial charge in [-0.1, -0.05) is 0 Å². The average molecular weight is 179 g/mol. The molecule has 0 radical (unpaired) electrons. The maximum atomic E-state index is 4.43. The van der Waals surface area contributed by atoms with E-state index in [1.807, 2.05) is 11.7 Å². The number of nitrogens with zero attached hydrogens (tertiary/aromatic N) is 2. The molecule has 1 unspecified atom stereocenters. The van der Waals surface area contributed by atoms with Crippen molar-refractivity contribution in [3.05, 3.63) is 17.0 Å². The lowest BCUT2D eigenvalue weighted by molar-refractivity contribution is 0.637. The predicted octanol–water partition coefficient (Wildman–Crippen LogP) is 1.46. The SMILES string of the molecule is Cc1nn(C)c(C)c1C1CCCN1. The van der Waals surface area contributed by atoms with Crippen LogP contribution in [0.25, 0.3) is 0 Å². The minimum Gasteiger partial charge on any atom is -0.310 e. The second-order valence-corrected chi connectivity index (χ2v) is 3.86. The zero-order valence-electron chi connectivity index (χ0n) is 8.59. The van der Waals surface area contributed by atoms with Crippen LogP contribution in [-0.4, -0.2) is 16.3 Å². The standard InChI is InChI=1S/C10H17N3/c1-7-10(8(2)13(3)12-7)9-5-4-6-11-9/h9,11H,4-6H2,1-3H3. The monoisotopic (exact) mass is 179 g/mol. The summed E-state index contributed by atoms with van der Waals surface area (Å²) in [6.45, 7) is 5.40. The molecule has 2 rings (SSSR count). The second kappa shape index (κ2) is 3.14. The lowest BCUT2D eigenvalue weighted by Crippen LogP contribution is -2.14. The first-order chi connectivity index (χ1) is 6.20. The number of nitrogens with one attached hydrogen (secondary N) is 1. The van der Waals surface area contributed by atoms with Crippen LogP contribution in [0, 0.1) is 13.8 Å². The summed E-state index contributed by atoms with van der Waals surface area (Å²) in [7, 11) is 2.01. The molecule has 1 aromatic rings. The Bertz CT molecular complexity index is 308. The molecule has 0 bridgehead atoms. The normalized spacial score (nSPS) is 22.5. The summed E-state index contributed by atoms with van der Waals surface area (Å²) >= 11 is 0. The average Bonchev–Trinajstić information content (AvgIpc) is 2.63. The first-order valence-corrected chi connectivity index (χ1v) is 4.93. The molecule has 0 aromatic carbocycles. The predicted molar refractivity (Wildman–Crippen MR) is 52.7 cm³/mol. The summed E-state index contributed by atoms with van der Waals surface area (Å²) in [4.78, 5) is 0. The van der Waals surface area contributed by atoms with Gasteiger partial charge in [0.25, 0.3) is 0 Å². The Kier molecular flexibility index (Phi) is 2.12. The van der Waals surface area contributed by atoms with Gasteiger partial charge in [0, 0.05) is 24.3 Å². The first kappa shape index (κ1) is 8.75. The van der Waals surface area contributed by atoms with Gasteiger partial charge in [-0.25, -0.2) is 0 Å². The summed E-state index contributed by atoms with van der Waals surface area (Å²) < 4.78 is 1.98. The third-order valence-corrected chi connectivity index (χ3v) is 2.97. The van der Waals surface area contributed by atoms with Crippen LogP contribution in [0.2, 0.25) is 0 Å². The molecule has 1 atom stereocenters. The van der Waals surface area contributed by atoms with E-state index in [2.05, 4.69) is 24.3 Å². The highest BCUT2D eigenvalue weighted by atomic mass is 15.3. The number of aromatic nitrogens is 2. The van der Waals surface area contributed by atoms with Crippen LogP contribution >= 0.6 is 0 Å². The van der Waals surface area contributed by atoms with Crippen molar-refractivity contribution in [3.63, 3.8) is 0 Å². The first-order valence-electron chi connectivity index (χ1n) is 4.93. The molecule has 72 valence electrons. The highest BCUT2D eigenvalue weighted by Gasteiger charge is 2.22. The van der Waals surface area contributed by atoms with Crippen LogP contribution in [-0.2, 0) is 7.05 Å². The summed E-state index contributed by atoms with van der Waals surface area (Å²) in [5, 5.41) is 7.95. The van der Waals surface area contributed by atoms with Crippen molar-refractivity contribution in [1.29, 1.82) is 0 Å². The summed E-state index contributed by atoms with van der Waals surface area (Å²) in [6.07, 6.45) is 2.55. The van der Waals surface area contributed by atoms with Gasteiger partial charge in [0.2, 0.25) is 0 Å². The van der Waals surface area contributed by atoms with Crippen molar-refractivity contribution in [2.45, 2.75) is 32.7 Å². The smallest absolute Gasteiger partial charge is 0.0644 e. The van der Waals surface area contributed by atoms with E-state index in [1.165, 1.54) is 29.8 Å². The van der Waals surface area contributed by atoms with Gasteiger partial charge in [-0.2, -0.15) is 5.10 Å². The largest absolute Gasteiger partial charge is 0.310 e. The lowest BCUT2D eigenvalue weighted by Gasteiger charge is -2.10. The van der Waals surface area contributed by atoms with Crippen LogP contribution < -0.4 is 5.32 Å². The molecule has 1 aliphatic heterocycles. The maximum Gasteiger partial charge on any atom is 0.0644 e. The minimum absolute atomic E-state index is 0.550. The van der Waals surface area contributed by atoms with E-state index in [0.717, 1.165) is 6.54 Å². The fourth-order valence-electron chi connectivity index (χ4n) is 2.23. The van der Waals surface area contributed by atoms with E-state index in [-0.39, 0.29) is 0 Å². The van der Waals surface area contributed by atoms with Crippen LogP contribution in [0.3, 0.4) is 0 Å². The molecule has 1 fully saturated rings. The van der Waals surface area contributed by atoms with Crippen molar-refractivity contribution in [3.8, 4) is 0 Å². The lowest BCUT2D eigenvalue weighted by atomic mass is 10.0. The molecule has 1 saturated heterocycles. The van der Waals surface area contributed by atoms with E-state index in [0.29, 0.717) is 6.04 Å². The Morgan fingerprint density at radius 2 is 2.23 bits per heavy atom. The van der Waals surface area contributed by atoms with Gasteiger partial charge >= 0.3 is 0 Å². The quantitative estimate of drug-likeness (QED) is 0.707. The van der Waals surface area contributed by atoms with Gasteiger partial charge in [0.15, 0.2) is 0 Å². The third kappa shape index (κ3) is 1.37. The Morgan fingerprint density at radius 1 is 1.46 bits per heavy atom. The fraction of sp³-hybridized carbons (Fsp3) is 0.700. The molecule has 0 amide bonds. The third-order valence-electron chi connectivity index (χ3n) is 2.97. The van der Waals surface area contributed by atoms with Crippen molar-refractivity contribution in [1.82, 2.24) is 15.1 Å². The van der Waals surface area contributed by atoms with Crippen LogP contribution in [0.5, 0.6) is 0 Å². The molecule has 13 heavy (non-hydrogen) atoms. The molecule has 1 aromatic heterocycles. The van der Waals surface area contributed by atoms with Crippen molar-refractivity contribution in [2.75, 3.05) is 6.54 Å². The van der Waals surface area contributed by atoms with Crippen molar-refractivity contribution in [2.24, 2.45) is 7.05 Å². The van der Waals surface area contributed by atoms with E-state index >= 15 is 0 Å². The highest BCUT2D eigenvalue weighted by molar-refractivity contribution is 5.28. The van der Waals surface area contributed by atoms with Crippen molar-refractivity contribution < 1.29 is 0 Å². The van der Waals surface area contributed by atoms with Crippen molar-refractivity contribution >= 4 is 0 Å². The Morgan fingerprint density at radius 3 is 2.69 bits per heavy atom. The molecule has 0 saturated carbocycles. The number of hydrogen-bond acceptors (Lipinski definition) is 2. The van der Waals surface area contributed by atoms with Gasteiger partial charge in [0.05, 0.1) is 5.69 Å². The fourth-order valence-corrected chi connectivity index (χ4v) is 2.23. The number of aryl methyl sites for hydroxylation is 2. The number of hydrogen-bond donors (Lipinski definition) is 1. The second-order valence-electron chi connectivity index (χ2n) is 3.86. The van der Waals surface area contributed by atoms with Crippen LogP contribution in [0.4, 0.5) is 0 Å². The van der Waals surface area contributed by atoms with Gasteiger partial charge in [-0.15, -0.1) is 0 Å². The molecule has 0 aliphatic carbocycles. The Labute approximate surface area is 79.1 Å². The summed E-state index contributed by atoms with van der Waals surface area (Å²) in [5.74, 6) is 0. The van der Waals surface area contributed by atoms with Gasteiger partial charge < -0.3 is 5.32 Å². The summed E-state index contributed by atoms with van der Waals surface area (Å²) in [6, 6.07) is 0.550. The van der Waals surface area contributed by atoms with Gasteiger partial charge in [-0.05, 0) is 33.2 Å². The topological polar surface area (TPSA) is 29.9 Å². The zero-order chi connectivity index (χ0) is 9.42. The zero-order valence-corrected chi connectivity index (χ0v) is 8.59.